The third-order valence-electron chi connectivity index (χ3n) is 4.30. The van der Waals surface area contributed by atoms with Gasteiger partial charge in [-0.25, -0.2) is 0 Å². The number of rotatable bonds is 8. The van der Waals surface area contributed by atoms with Crippen LogP contribution >= 0.6 is 28.1 Å². The van der Waals surface area contributed by atoms with Crippen LogP contribution in [-0.4, -0.2) is 42.0 Å². The second-order valence-corrected chi connectivity index (χ2v) is 7.95. The highest BCUT2D eigenvalue weighted by molar-refractivity contribution is 9.10. The van der Waals surface area contributed by atoms with Gasteiger partial charge < -0.3 is 15.0 Å². The number of amides is 2. The molecule has 2 N–H and O–H groups in total. The molecule has 0 aliphatic heterocycles. The first-order valence-corrected chi connectivity index (χ1v) is 10.9. The van der Waals surface area contributed by atoms with Gasteiger partial charge in [-0.1, -0.05) is 29.8 Å². The minimum Gasteiger partial charge on any atom is -0.496 e. The van der Waals surface area contributed by atoms with Gasteiger partial charge in [0.05, 0.1) is 12.7 Å². The SMILES string of the molecule is CCCN(CCC)C(=O)c1ccc(NC(=S)NC(=O)c2cc(Br)ccc2OC)cc1. The zero-order chi connectivity index (χ0) is 22.1. The molecule has 2 aromatic rings. The summed E-state index contributed by atoms with van der Waals surface area (Å²) in [5, 5.41) is 5.76. The molecule has 0 fully saturated rings. The van der Waals surface area contributed by atoms with Crippen molar-refractivity contribution in [1.82, 2.24) is 10.2 Å². The smallest absolute Gasteiger partial charge is 0.261 e. The average molecular weight is 492 g/mol. The number of halogens is 1. The third kappa shape index (κ3) is 6.53. The van der Waals surface area contributed by atoms with Crippen LogP contribution in [0.3, 0.4) is 0 Å². The van der Waals surface area contributed by atoms with Crippen molar-refractivity contribution < 1.29 is 14.3 Å². The van der Waals surface area contributed by atoms with Gasteiger partial charge in [-0.15, -0.1) is 0 Å². The van der Waals surface area contributed by atoms with Gasteiger partial charge in [0.1, 0.15) is 5.75 Å². The Balaban J connectivity index is 2.01. The van der Waals surface area contributed by atoms with Crippen LogP contribution in [0.2, 0.25) is 0 Å². The Bertz CT molecular complexity index is 897. The van der Waals surface area contributed by atoms with Crippen LogP contribution in [0.15, 0.2) is 46.9 Å². The van der Waals surface area contributed by atoms with Gasteiger partial charge in [0.2, 0.25) is 0 Å². The lowest BCUT2D eigenvalue weighted by Crippen LogP contribution is -2.34. The van der Waals surface area contributed by atoms with E-state index in [0.717, 1.165) is 30.4 Å². The van der Waals surface area contributed by atoms with E-state index >= 15 is 0 Å². The predicted octanol–water partition coefficient (Wildman–Crippen LogP) is 4.85. The van der Waals surface area contributed by atoms with Crippen molar-refractivity contribution in [3.63, 3.8) is 0 Å². The van der Waals surface area contributed by atoms with Crippen LogP contribution < -0.4 is 15.4 Å². The van der Waals surface area contributed by atoms with Crippen molar-refractivity contribution >= 4 is 50.8 Å². The Kier molecular flexibility index (Phi) is 9.26. The second-order valence-electron chi connectivity index (χ2n) is 6.62. The van der Waals surface area contributed by atoms with Crippen molar-refractivity contribution in [1.29, 1.82) is 0 Å². The molecular formula is C22H26BrN3O3S. The van der Waals surface area contributed by atoms with Gasteiger partial charge in [0.15, 0.2) is 5.11 Å². The molecule has 2 aromatic carbocycles. The number of methoxy groups -OCH3 is 1. The van der Waals surface area contributed by atoms with Crippen molar-refractivity contribution in [2.45, 2.75) is 26.7 Å². The maximum absolute atomic E-state index is 12.7. The number of carbonyl (C=O) groups excluding carboxylic acids is 2. The summed E-state index contributed by atoms with van der Waals surface area (Å²) in [6.45, 7) is 5.59. The second kappa shape index (κ2) is 11.7. The normalized spacial score (nSPS) is 10.3. The Labute approximate surface area is 191 Å². The molecule has 6 nitrogen and oxygen atoms in total. The number of thiocarbonyl (C=S) groups is 1. The standard InChI is InChI=1S/C22H26BrN3O3S/c1-4-12-26(13-5-2)21(28)15-6-9-17(10-7-15)24-22(30)25-20(27)18-14-16(23)8-11-19(18)29-3/h6-11,14H,4-5,12-13H2,1-3H3,(H2,24,25,27,30). The van der Waals surface area contributed by atoms with E-state index in [1.807, 2.05) is 4.90 Å². The van der Waals surface area contributed by atoms with E-state index in [0.29, 0.717) is 22.6 Å². The van der Waals surface area contributed by atoms with Crippen LogP contribution in [0.25, 0.3) is 0 Å². The fourth-order valence-electron chi connectivity index (χ4n) is 2.92. The van der Waals surface area contributed by atoms with Crippen molar-refractivity contribution in [3.05, 3.63) is 58.1 Å². The molecule has 0 bridgehead atoms. The van der Waals surface area contributed by atoms with Crippen LogP contribution in [0.4, 0.5) is 5.69 Å². The molecule has 0 saturated carbocycles. The number of carbonyl (C=O) groups is 2. The lowest BCUT2D eigenvalue weighted by atomic mass is 10.1. The summed E-state index contributed by atoms with van der Waals surface area (Å²) in [6.07, 6.45) is 1.84. The van der Waals surface area contributed by atoms with Crippen LogP contribution in [-0.2, 0) is 0 Å². The minimum atomic E-state index is -0.382. The first kappa shape index (κ1) is 23.8. The summed E-state index contributed by atoms with van der Waals surface area (Å²) in [6, 6.07) is 12.2. The lowest BCUT2D eigenvalue weighted by molar-refractivity contribution is 0.0755. The first-order valence-electron chi connectivity index (χ1n) is 9.74. The van der Waals surface area contributed by atoms with Crippen LogP contribution in [0.1, 0.15) is 47.4 Å². The van der Waals surface area contributed by atoms with E-state index in [1.165, 1.54) is 7.11 Å². The number of hydrogen-bond acceptors (Lipinski definition) is 4. The molecule has 0 spiro atoms. The summed E-state index contributed by atoms with van der Waals surface area (Å²) >= 11 is 8.60. The van der Waals surface area contributed by atoms with Gasteiger partial charge in [0, 0.05) is 28.8 Å². The van der Waals surface area contributed by atoms with Gasteiger partial charge >= 0.3 is 0 Å². The third-order valence-corrected chi connectivity index (χ3v) is 4.99. The number of hydrogen-bond donors (Lipinski definition) is 2. The fourth-order valence-corrected chi connectivity index (χ4v) is 3.50. The molecule has 2 amide bonds. The van der Waals surface area contributed by atoms with E-state index in [9.17, 15) is 9.59 Å². The van der Waals surface area contributed by atoms with Crippen molar-refractivity contribution in [2.75, 3.05) is 25.5 Å². The van der Waals surface area contributed by atoms with Crippen LogP contribution in [0.5, 0.6) is 5.75 Å². The van der Waals surface area contributed by atoms with Gasteiger partial charge in [-0.2, -0.15) is 0 Å². The molecule has 0 atom stereocenters. The van der Waals surface area contributed by atoms with Gasteiger partial charge in [0.25, 0.3) is 11.8 Å². The largest absolute Gasteiger partial charge is 0.496 e. The number of nitrogens with zero attached hydrogens (tertiary/aromatic N) is 1. The summed E-state index contributed by atoms with van der Waals surface area (Å²) < 4.78 is 5.99. The zero-order valence-electron chi connectivity index (χ0n) is 17.3. The quantitative estimate of drug-likeness (QED) is 0.516. The van der Waals surface area contributed by atoms with E-state index < -0.39 is 0 Å². The average Bonchev–Trinajstić information content (AvgIpc) is 2.73. The number of nitrogens with one attached hydrogen (secondary N) is 2. The van der Waals surface area contributed by atoms with E-state index in [4.69, 9.17) is 17.0 Å². The van der Waals surface area contributed by atoms with Crippen molar-refractivity contribution in [3.8, 4) is 5.75 Å². The number of anilines is 1. The molecule has 0 unspecified atom stereocenters. The van der Waals surface area contributed by atoms with E-state index in [2.05, 4.69) is 40.4 Å². The minimum absolute atomic E-state index is 0.0166. The molecule has 8 heteroatoms. The number of benzene rings is 2. The molecule has 0 aliphatic rings. The first-order chi connectivity index (χ1) is 14.4. The Hall–Kier alpha value is -2.45. The summed E-state index contributed by atoms with van der Waals surface area (Å²) in [5.41, 5.74) is 1.66. The monoisotopic (exact) mass is 491 g/mol. The van der Waals surface area contributed by atoms with E-state index in [-0.39, 0.29) is 16.9 Å². The maximum atomic E-state index is 12.7. The summed E-state index contributed by atoms with van der Waals surface area (Å²) in [5.74, 6) is 0.0835. The van der Waals surface area contributed by atoms with Gasteiger partial charge in [-0.3, -0.25) is 14.9 Å². The molecule has 0 heterocycles. The maximum Gasteiger partial charge on any atom is 0.261 e. The topological polar surface area (TPSA) is 70.7 Å². The number of ether oxygens (including phenoxy) is 1. The Morgan fingerprint density at radius 2 is 1.70 bits per heavy atom. The van der Waals surface area contributed by atoms with Gasteiger partial charge in [-0.05, 0) is 67.5 Å². The molecule has 0 aromatic heterocycles. The molecular weight excluding hydrogens is 466 g/mol. The molecule has 30 heavy (non-hydrogen) atoms. The highest BCUT2D eigenvalue weighted by Gasteiger charge is 2.16. The predicted molar refractivity (Wildman–Crippen MR) is 127 cm³/mol. The Morgan fingerprint density at radius 3 is 2.27 bits per heavy atom. The molecule has 0 saturated heterocycles. The zero-order valence-corrected chi connectivity index (χ0v) is 19.7. The lowest BCUT2D eigenvalue weighted by Gasteiger charge is -2.21. The summed E-state index contributed by atoms with van der Waals surface area (Å²) in [7, 11) is 1.50. The highest BCUT2D eigenvalue weighted by Crippen LogP contribution is 2.23. The van der Waals surface area contributed by atoms with Crippen molar-refractivity contribution in [2.24, 2.45) is 0 Å². The molecule has 160 valence electrons. The Morgan fingerprint density at radius 1 is 1.07 bits per heavy atom. The van der Waals surface area contributed by atoms with Crippen LogP contribution in [0, 0.1) is 0 Å². The fraction of sp³-hybridized carbons (Fsp3) is 0.318. The summed E-state index contributed by atoms with van der Waals surface area (Å²) in [4.78, 5) is 27.0. The van der Waals surface area contributed by atoms with E-state index in [1.54, 1.807) is 42.5 Å². The molecule has 0 aliphatic carbocycles. The molecule has 2 rings (SSSR count). The molecule has 0 radical (unpaired) electrons. The highest BCUT2D eigenvalue weighted by atomic mass is 79.9.